The molecule has 0 amide bonds. The predicted octanol–water partition coefficient (Wildman–Crippen LogP) is 2.03. The average molecular weight is 159 g/mol. The highest BCUT2D eigenvalue weighted by Crippen LogP contribution is 2.05. The van der Waals surface area contributed by atoms with Gasteiger partial charge in [0.25, 0.3) is 0 Å². The molecular formula is C8H17NS. The Balaban J connectivity index is 3.25. The zero-order chi connectivity index (χ0) is 7.98. The molecule has 0 aromatic rings. The van der Waals surface area contributed by atoms with Gasteiger partial charge in [0.1, 0.15) is 0 Å². The van der Waals surface area contributed by atoms with Crippen molar-refractivity contribution in [2.24, 2.45) is 5.73 Å². The minimum atomic E-state index is 0.324. The van der Waals surface area contributed by atoms with Crippen molar-refractivity contribution in [2.75, 3.05) is 12.0 Å². The maximum atomic E-state index is 5.79. The van der Waals surface area contributed by atoms with Gasteiger partial charge in [0, 0.05) is 6.04 Å². The lowest BCUT2D eigenvalue weighted by atomic mass is 10.1. The lowest BCUT2D eigenvalue weighted by molar-refractivity contribution is 0.649. The Morgan fingerprint density at radius 1 is 1.70 bits per heavy atom. The van der Waals surface area contributed by atoms with Crippen LogP contribution in [-0.4, -0.2) is 18.1 Å². The summed E-state index contributed by atoms with van der Waals surface area (Å²) in [7, 11) is 0. The summed E-state index contributed by atoms with van der Waals surface area (Å²) in [6.45, 7) is 5.84. The van der Waals surface area contributed by atoms with Crippen molar-refractivity contribution in [1.82, 2.24) is 0 Å². The minimum absolute atomic E-state index is 0.324. The van der Waals surface area contributed by atoms with Crippen molar-refractivity contribution in [3.05, 3.63) is 12.2 Å². The Labute approximate surface area is 68.1 Å². The molecule has 2 heteroatoms. The Morgan fingerprint density at radius 2 is 2.30 bits per heavy atom. The minimum Gasteiger partial charge on any atom is -0.327 e. The van der Waals surface area contributed by atoms with Gasteiger partial charge in [-0.25, -0.2) is 0 Å². The van der Waals surface area contributed by atoms with Crippen LogP contribution < -0.4 is 5.73 Å². The Bertz CT molecular complexity index is 101. The quantitative estimate of drug-likeness (QED) is 0.621. The SMILES string of the molecule is C=C(C)CC(N)CCSC. The molecule has 0 rings (SSSR count). The lowest BCUT2D eigenvalue weighted by Crippen LogP contribution is -2.20. The number of rotatable bonds is 5. The molecule has 0 heterocycles. The van der Waals surface area contributed by atoms with Gasteiger partial charge in [-0.2, -0.15) is 11.8 Å². The van der Waals surface area contributed by atoms with E-state index in [1.807, 2.05) is 18.7 Å². The van der Waals surface area contributed by atoms with Gasteiger partial charge in [-0.15, -0.1) is 6.58 Å². The highest BCUT2D eigenvalue weighted by Gasteiger charge is 2.00. The molecule has 0 aromatic carbocycles. The van der Waals surface area contributed by atoms with Gasteiger partial charge >= 0.3 is 0 Å². The summed E-state index contributed by atoms with van der Waals surface area (Å²) in [6.07, 6.45) is 4.18. The second-order valence-electron chi connectivity index (χ2n) is 2.70. The number of nitrogens with two attached hydrogens (primary N) is 1. The number of hydrogen-bond acceptors (Lipinski definition) is 2. The van der Waals surface area contributed by atoms with E-state index < -0.39 is 0 Å². The van der Waals surface area contributed by atoms with Gasteiger partial charge in [-0.1, -0.05) is 5.57 Å². The van der Waals surface area contributed by atoms with E-state index in [4.69, 9.17) is 5.73 Å². The summed E-state index contributed by atoms with van der Waals surface area (Å²) in [5.41, 5.74) is 6.98. The highest BCUT2D eigenvalue weighted by molar-refractivity contribution is 7.98. The maximum Gasteiger partial charge on any atom is 0.00837 e. The molecular weight excluding hydrogens is 142 g/mol. The predicted molar refractivity (Wildman–Crippen MR) is 50.4 cm³/mol. The van der Waals surface area contributed by atoms with Crippen LogP contribution in [0.25, 0.3) is 0 Å². The Kier molecular flexibility index (Phi) is 5.84. The monoisotopic (exact) mass is 159 g/mol. The van der Waals surface area contributed by atoms with Crippen molar-refractivity contribution in [3.63, 3.8) is 0 Å². The van der Waals surface area contributed by atoms with E-state index in [1.54, 1.807) is 0 Å². The molecule has 0 radical (unpaired) electrons. The summed E-state index contributed by atoms with van der Waals surface area (Å²) in [6, 6.07) is 0.324. The van der Waals surface area contributed by atoms with Gasteiger partial charge in [0.05, 0.1) is 0 Å². The fourth-order valence-corrected chi connectivity index (χ4v) is 1.36. The van der Waals surface area contributed by atoms with Gasteiger partial charge in [0.15, 0.2) is 0 Å². The van der Waals surface area contributed by atoms with E-state index in [0.29, 0.717) is 6.04 Å². The van der Waals surface area contributed by atoms with E-state index in [0.717, 1.165) is 18.6 Å². The largest absolute Gasteiger partial charge is 0.327 e. The van der Waals surface area contributed by atoms with E-state index in [9.17, 15) is 0 Å². The fourth-order valence-electron chi connectivity index (χ4n) is 0.819. The molecule has 0 fully saturated rings. The molecule has 0 saturated carbocycles. The van der Waals surface area contributed by atoms with Gasteiger partial charge in [-0.3, -0.25) is 0 Å². The molecule has 0 aliphatic heterocycles. The first-order chi connectivity index (χ1) is 4.66. The molecule has 0 spiro atoms. The van der Waals surface area contributed by atoms with Crippen molar-refractivity contribution in [2.45, 2.75) is 25.8 Å². The molecule has 0 bridgehead atoms. The van der Waals surface area contributed by atoms with Crippen LogP contribution in [0.3, 0.4) is 0 Å². The van der Waals surface area contributed by atoms with Crippen LogP contribution in [0.2, 0.25) is 0 Å². The molecule has 10 heavy (non-hydrogen) atoms. The fraction of sp³-hybridized carbons (Fsp3) is 0.750. The van der Waals surface area contributed by atoms with Crippen LogP contribution in [0.1, 0.15) is 19.8 Å². The summed E-state index contributed by atoms with van der Waals surface area (Å²) in [4.78, 5) is 0. The average Bonchev–Trinajstić information content (AvgIpc) is 1.82. The molecule has 1 nitrogen and oxygen atoms in total. The third-order valence-corrected chi connectivity index (χ3v) is 1.95. The normalized spacial score (nSPS) is 13.1. The molecule has 0 aliphatic carbocycles. The highest BCUT2D eigenvalue weighted by atomic mass is 32.2. The summed E-state index contributed by atoms with van der Waals surface area (Å²) < 4.78 is 0. The first kappa shape index (κ1) is 10.0. The zero-order valence-electron chi connectivity index (χ0n) is 6.89. The summed E-state index contributed by atoms with van der Waals surface area (Å²) in [5.74, 6) is 1.16. The Morgan fingerprint density at radius 3 is 2.70 bits per heavy atom. The first-order valence-electron chi connectivity index (χ1n) is 3.55. The Hall–Kier alpha value is 0.0500. The van der Waals surface area contributed by atoms with Crippen molar-refractivity contribution in [3.8, 4) is 0 Å². The summed E-state index contributed by atoms with van der Waals surface area (Å²) in [5, 5.41) is 0. The van der Waals surface area contributed by atoms with Crippen molar-refractivity contribution >= 4 is 11.8 Å². The van der Waals surface area contributed by atoms with E-state index in [1.165, 1.54) is 5.57 Å². The van der Waals surface area contributed by atoms with Crippen molar-refractivity contribution < 1.29 is 0 Å². The molecule has 1 unspecified atom stereocenters. The van der Waals surface area contributed by atoms with Crippen LogP contribution in [-0.2, 0) is 0 Å². The molecule has 1 atom stereocenters. The van der Waals surface area contributed by atoms with Crippen LogP contribution >= 0.6 is 11.8 Å². The molecule has 2 N–H and O–H groups in total. The van der Waals surface area contributed by atoms with E-state index in [-0.39, 0.29) is 0 Å². The third kappa shape index (κ3) is 6.17. The van der Waals surface area contributed by atoms with Crippen LogP contribution in [0, 0.1) is 0 Å². The smallest absolute Gasteiger partial charge is 0.00837 e. The molecule has 0 aromatic heterocycles. The van der Waals surface area contributed by atoms with Crippen LogP contribution in [0.5, 0.6) is 0 Å². The second-order valence-corrected chi connectivity index (χ2v) is 3.69. The maximum absolute atomic E-state index is 5.79. The van der Waals surface area contributed by atoms with Gasteiger partial charge < -0.3 is 5.73 Å². The third-order valence-electron chi connectivity index (χ3n) is 1.30. The van der Waals surface area contributed by atoms with E-state index >= 15 is 0 Å². The topological polar surface area (TPSA) is 26.0 Å². The number of thioether (sulfide) groups is 1. The zero-order valence-corrected chi connectivity index (χ0v) is 7.71. The van der Waals surface area contributed by atoms with Crippen LogP contribution in [0.15, 0.2) is 12.2 Å². The van der Waals surface area contributed by atoms with Gasteiger partial charge in [0.2, 0.25) is 0 Å². The number of hydrogen-bond donors (Lipinski definition) is 1. The molecule has 0 aliphatic rings. The standard InChI is InChI=1S/C8H17NS/c1-7(2)6-8(9)4-5-10-3/h8H,1,4-6,9H2,2-3H3. The molecule has 0 saturated heterocycles. The summed E-state index contributed by atoms with van der Waals surface area (Å²) >= 11 is 1.85. The van der Waals surface area contributed by atoms with Crippen molar-refractivity contribution in [1.29, 1.82) is 0 Å². The van der Waals surface area contributed by atoms with Crippen LogP contribution in [0.4, 0.5) is 0 Å². The molecule has 60 valence electrons. The lowest BCUT2D eigenvalue weighted by Gasteiger charge is -2.09. The second kappa shape index (κ2) is 5.81. The van der Waals surface area contributed by atoms with E-state index in [2.05, 4.69) is 12.8 Å². The first-order valence-corrected chi connectivity index (χ1v) is 4.95. The van der Waals surface area contributed by atoms with Gasteiger partial charge in [-0.05, 0) is 31.8 Å².